The van der Waals surface area contributed by atoms with Crippen molar-refractivity contribution in [2.45, 2.75) is 0 Å². The molecule has 2 heterocycles. The quantitative estimate of drug-likeness (QED) is 0.213. The molecule has 0 bridgehead atoms. The van der Waals surface area contributed by atoms with Crippen LogP contribution in [0.2, 0.25) is 0 Å². The van der Waals surface area contributed by atoms with Crippen LogP contribution in [0.3, 0.4) is 0 Å². The first-order chi connectivity index (χ1) is 17.8. The maximum Gasteiger partial charge on any atom is 0.0471 e. The Kier molecular flexibility index (Phi) is 3.31. The molecule has 0 aliphatic heterocycles. The Morgan fingerprint density at radius 2 is 0.667 bits per heavy atom. The van der Waals surface area contributed by atoms with Gasteiger partial charge in [0.1, 0.15) is 0 Å². The summed E-state index contributed by atoms with van der Waals surface area (Å²) in [4.78, 5) is 7.35. The molecule has 0 spiro atoms. The summed E-state index contributed by atoms with van der Waals surface area (Å²) in [6.45, 7) is 0. The first-order valence-electron chi connectivity index (χ1n) is 12.5. The SMILES string of the molecule is c1ccc2c(c1)ccc1[nH]c3ccc4cc5c(ccc6[nH]c7ccc8ccccc8c7c65)cc4c3c12. The highest BCUT2D eigenvalue weighted by Gasteiger charge is 2.15. The fourth-order valence-corrected chi connectivity index (χ4v) is 6.47. The molecule has 0 saturated carbocycles. The molecule has 0 aliphatic rings. The second-order valence-electron chi connectivity index (χ2n) is 9.94. The van der Waals surface area contributed by atoms with Gasteiger partial charge in [-0.25, -0.2) is 0 Å². The van der Waals surface area contributed by atoms with E-state index >= 15 is 0 Å². The standard InChI is InChI=1S/C34H20N2/c1-3-7-23-19(5-1)9-13-27-31(23)33-25-17-22-12-16-30-34(26(22)18-21(25)11-15-29(33)35-27)32-24-8-4-2-6-20(24)10-14-28(32)36-30/h1-18,35-36H. The summed E-state index contributed by atoms with van der Waals surface area (Å²) < 4.78 is 0. The van der Waals surface area contributed by atoms with Crippen molar-refractivity contribution in [1.82, 2.24) is 9.97 Å². The van der Waals surface area contributed by atoms with Crippen LogP contribution in [0.15, 0.2) is 109 Å². The minimum atomic E-state index is 1.19. The van der Waals surface area contributed by atoms with Crippen LogP contribution in [0.4, 0.5) is 0 Å². The average molecular weight is 457 g/mol. The van der Waals surface area contributed by atoms with Gasteiger partial charge >= 0.3 is 0 Å². The highest BCUT2D eigenvalue weighted by molar-refractivity contribution is 6.32. The van der Waals surface area contributed by atoms with Crippen LogP contribution in [-0.4, -0.2) is 9.97 Å². The third-order valence-electron chi connectivity index (χ3n) is 8.05. The van der Waals surface area contributed by atoms with Gasteiger partial charge in [-0.1, -0.05) is 72.8 Å². The molecule has 2 heteroatoms. The Morgan fingerprint density at radius 3 is 1.11 bits per heavy atom. The molecule has 0 amide bonds. The fourth-order valence-electron chi connectivity index (χ4n) is 6.47. The van der Waals surface area contributed by atoms with Crippen molar-refractivity contribution < 1.29 is 0 Å². The van der Waals surface area contributed by atoms with Crippen molar-refractivity contribution in [2.24, 2.45) is 0 Å². The smallest absolute Gasteiger partial charge is 0.0471 e. The van der Waals surface area contributed by atoms with E-state index in [2.05, 4.69) is 119 Å². The van der Waals surface area contributed by atoms with E-state index in [1.54, 1.807) is 0 Å². The van der Waals surface area contributed by atoms with E-state index in [1.807, 2.05) is 0 Å². The molecule has 0 aliphatic carbocycles. The van der Waals surface area contributed by atoms with Crippen molar-refractivity contribution in [2.75, 3.05) is 0 Å². The van der Waals surface area contributed by atoms with Crippen LogP contribution >= 0.6 is 0 Å². The predicted molar refractivity (Wildman–Crippen MR) is 155 cm³/mol. The number of rotatable bonds is 0. The minimum absolute atomic E-state index is 1.19. The molecule has 7 aromatic carbocycles. The second kappa shape index (κ2) is 6.44. The van der Waals surface area contributed by atoms with Gasteiger partial charge in [0.2, 0.25) is 0 Å². The first kappa shape index (κ1) is 18.5. The molecule has 0 unspecified atom stereocenters. The summed E-state index contributed by atoms with van der Waals surface area (Å²) in [6.07, 6.45) is 0. The van der Waals surface area contributed by atoms with Gasteiger partial charge in [0, 0.05) is 43.6 Å². The van der Waals surface area contributed by atoms with Crippen LogP contribution in [-0.2, 0) is 0 Å². The molecular formula is C34H20N2. The summed E-state index contributed by atoms with van der Waals surface area (Å²) in [5, 5.41) is 15.5. The minimum Gasteiger partial charge on any atom is -0.354 e. The van der Waals surface area contributed by atoms with Gasteiger partial charge in [0.25, 0.3) is 0 Å². The fraction of sp³-hybridized carbons (Fsp3) is 0. The summed E-state index contributed by atoms with van der Waals surface area (Å²) >= 11 is 0. The van der Waals surface area contributed by atoms with Crippen molar-refractivity contribution in [3.8, 4) is 0 Å². The van der Waals surface area contributed by atoms with Crippen molar-refractivity contribution in [3.63, 3.8) is 0 Å². The van der Waals surface area contributed by atoms with E-state index in [0.717, 1.165) is 0 Å². The Hall–Kier alpha value is -4.82. The van der Waals surface area contributed by atoms with Crippen LogP contribution < -0.4 is 0 Å². The van der Waals surface area contributed by atoms with E-state index in [4.69, 9.17) is 0 Å². The van der Waals surface area contributed by atoms with Crippen LogP contribution in [0.1, 0.15) is 0 Å². The topological polar surface area (TPSA) is 31.6 Å². The van der Waals surface area contributed by atoms with Gasteiger partial charge in [-0.15, -0.1) is 0 Å². The van der Waals surface area contributed by atoms with Gasteiger partial charge in [0.15, 0.2) is 0 Å². The lowest BCUT2D eigenvalue weighted by Crippen LogP contribution is -1.81. The Morgan fingerprint density at radius 1 is 0.306 bits per heavy atom. The Balaban J connectivity index is 1.49. The zero-order chi connectivity index (χ0) is 23.4. The molecule has 0 saturated heterocycles. The highest BCUT2D eigenvalue weighted by atomic mass is 14.7. The normalized spacial score (nSPS) is 12.4. The molecule has 0 atom stereocenters. The van der Waals surface area contributed by atoms with E-state index in [0.29, 0.717) is 0 Å². The lowest BCUT2D eigenvalue weighted by atomic mass is 9.95. The van der Waals surface area contributed by atoms with E-state index < -0.39 is 0 Å². The molecule has 2 aromatic heterocycles. The summed E-state index contributed by atoms with van der Waals surface area (Å²) in [5.74, 6) is 0. The van der Waals surface area contributed by atoms with E-state index in [9.17, 15) is 0 Å². The second-order valence-corrected chi connectivity index (χ2v) is 9.94. The molecule has 2 N–H and O–H groups in total. The third kappa shape index (κ3) is 2.26. The summed E-state index contributed by atoms with van der Waals surface area (Å²) in [6, 6.07) is 40.0. The molecular weight excluding hydrogens is 436 g/mol. The number of fused-ring (bicyclic) bond motifs is 14. The number of H-pyrrole nitrogens is 2. The van der Waals surface area contributed by atoms with Gasteiger partial charge in [-0.3, -0.25) is 0 Å². The lowest BCUT2D eigenvalue weighted by Gasteiger charge is -2.08. The number of benzene rings is 7. The lowest BCUT2D eigenvalue weighted by molar-refractivity contribution is 1.55. The van der Waals surface area contributed by atoms with Gasteiger partial charge in [-0.2, -0.15) is 0 Å². The van der Waals surface area contributed by atoms with Crippen LogP contribution in [0.5, 0.6) is 0 Å². The number of hydrogen-bond donors (Lipinski definition) is 2. The molecule has 9 rings (SSSR count). The van der Waals surface area contributed by atoms with E-state index in [-0.39, 0.29) is 0 Å². The zero-order valence-electron chi connectivity index (χ0n) is 19.4. The van der Waals surface area contributed by atoms with Gasteiger partial charge < -0.3 is 9.97 Å². The highest BCUT2D eigenvalue weighted by Crippen LogP contribution is 2.41. The molecule has 36 heavy (non-hydrogen) atoms. The maximum absolute atomic E-state index is 3.68. The number of aromatic nitrogens is 2. The van der Waals surface area contributed by atoms with Crippen molar-refractivity contribution in [3.05, 3.63) is 109 Å². The molecule has 0 fully saturated rings. The third-order valence-corrected chi connectivity index (χ3v) is 8.05. The van der Waals surface area contributed by atoms with Crippen LogP contribution in [0.25, 0.3) is 86.7 Å². The van der Waals surface area contributed by atoms with Crippen molar-refractivity contribution in [1.29, 1.82) is 0 Å². The van der Waals surface area contributed by atoms with Gasteiger partial charge in [-0.05, 0) is 79.5 Å². The first-order valence-corrected chi connectivity index (χ1v) is 12.5. The summed E-state index contributed by atoms with van der Waals surface area (Å²) in [5.41, 5.74) is 4.75. The van der Waals surface area contributed by atoms with Crippen molar-refractivity contribution >= 4 is 86.7 Å². The van der Waals surface area contributed by atoms with Crippen LogP contribution in [0, 0.1) is 0 Å². The molecule has 2 nitrogen and oxygen atoms in total. The zero-order valence-corrected chi connectivity index (χ0v) is 19.4. The Bertz CT molecular complexity index is 2200. The molecule has 166 valence electrons. The largest absolute Gasteiger partial charge is 0.354 e. The average Bonchev–Trinajstić information content (AvgIpc) is 3.51. The van der Waals surface area contributed by atoms with E-state index in [1.165, 1.54) is 86.7 Å². The number of nitrogens with one attached hydrogen (secondary N) is 2. The Labute approximate surface area is 205 Å². The number of aromatic amines is 2. The summed E-state index contributed by atoms with van der Waals surface area (Å²) in [7, 11) is 0. The predicted octanol–water partition coefficient (Wildman–Crippen LogP) is 9.57. The molecule has 0 radical (unpaired) electrons. The number of hydrogen-bond acceptors (Lipinski definition) is 0. The molecule has 9 aromatic rings. The maximum atomic E-state index is 3.68. The monoisotopic (exact) mass is 456 g/mol. The van der Waals surface area contributed by atoms with Gasteiger partial charge in [0.05, 0.1) is 0 Å².